The third kappa shape index (κ3) is 2.46. The van der Waals surface area contributed by atoms with Gasteiger partial charge in [0.1, 0.15) is 16.8 Å². The Morgan fingerprint density at radius 2 is 2.10 bits per heavy atom. The summed E-state index contributed by atoms with van der Waals surface area (Å²) >= 11 is 11.3. The van der Waals surface area contributed by atoms with Crippen molar-refractivity contribution >= 4 is 44.7 Å². The molecule has 1 saturated carbocycles. The number of halogens is 2. The number of aliphatic hydroxyl groups excluding tert-OH is 1. The maximum Gasteiger partial charge on any atom is 0.159 e. The lowest BCUT2D eigenvalue weighted by Gasteiger charge is -2.20. The van der Waals surface area contributed by atoms with E-state index in [9.17, 15) is 5.11 Å². The Labute approximate surface area is 139 Å². The van der Waals surface area contributed by atoms with Crippen molar-refractivity contribution < 1.29 is 5.11 Å². The molecule has 3 heterocycles. The van der Waals surface area contributed by atoms with Crippen molar-refractivity contribution in [2.24, 2.45) is 0 Å². The van der Waals surface area contributed by atoms with E-state index >= 15 is 0 Å². The van der Waals surface area contributed by atoms with Gasteiger partial charge in [0.05, 0.1) is 35.8 Å². The number of aliphatic hydroxyl groups is 1. The molecule has 8 heteroatoms. The molecular formula is C13H12BrClN4OS. The summed E-state index contributed by atoms with van der Waals surface area (Å²) in [6, 6.07) is 0. The van der Waals surface area contributed by atoms with Gasteiger partial charge in [0.25, 0.3) is 0 Å². The van der Waals surface area contributed by atoms with E-state index in [2.05, 4.69) is 35.8 Å². The molecule has 2 aromatic heterocycles. The zero-order valence-corrected chi connectivity index (χ0v) is 14.2. The van der Waals surface area contributed by atoms with Crippen molar-refractivity contribution in [1.29, 1.82) is 0 Å². The number of thiazole rings is 1. The number of aromatic nitrogens is 3. The molecule has 5 nitrogen and oxygen atoms in total. The summed E-state index contributed by atoms with van der Waals surface area (Å²) in [5.74, 6) is 1.98. The van der Waals surface area contributed by atoms with Crippen LogP contribution in [-0.2, 0) is 19.7 Å². The van der Waals surface area contributed by atoms with Crippen molar-refractivity contribution in [2.45, 2.75) is 38.5 Å². The number of hydrogen-bond donors (Lipinski definition) is 1. The Kier molecular flexibility index (Phi) is 3.40. The molecule has 0 amide bonds. The molecule has 0 saturated heterocycles. The standard InChI is InChI=1S/C13H12BrClN4OS/c14-13-16-8-3-19(4-9(8)21-13)12-7(5-20)10(15)17-11(18-12)6-1-2-6/h6,20H,1-5H2. The highest BCUT2D eigenvalue weighted by atomic mass is 79.9. The van der Waals surface area contributed by atoms with Gasteiger partial charge < -0.3 is 10.0 Å². The predicted molar refractivity (Wildman–Crippen MR) is 84.6 cm³/mol. The van der Waals surface area contributed by atoms with Crippen LogP contribution < -0.4 is 4.90 Å². The maximum absolute atomic E-state index is 9.60. The zero-order valence-electron chi connectivity index (χ0n) is 11.0. The average molecular weight is 388 g/mol. The van der Waals surface area contributed by atoms with E-state index in [4.69, 9.17) is 11.6 Å². The largest absolute Gasteiger partial charge is 0.391 e. The van der Waals surface area contributed by atoms with Gasteiger partial charge in [-0.15, -0.1) is 11.3 Å². The maximum atomic E-state index is 9.60. The molecule has 2 aromatic rings. The molecule has 0 bridgehead atoms. The van der Waals surface area contributed by atoms with Gasteiger partial charge >= 0.3 is 0 Å². The van der Waals surface area contributed by atoms with Crippen LogP contribution in [0.5, 0.6) is 0 Å². The van der Waals surface area contributed by atoms with E-state index in [1.165, 1.54) is 4.88 Å². The monoisotopic (exact) mass is 386 g/mol. The molecular weight excluding hydrogens is 376 g/mol. The van der Waals surface area contributed by atoms with Gasteiger partial charge in [-0.2, -0.15) is 0 Å². The summed E-state index contributed by atoms with van der Waals surface area (Å²) in [6.07, 6.45) is 2.24. The minimum atomic E-state index is -0.152. The molecule has 110 valence electrons. The Hall–Kier alpha value is -0.760. The van der Waals surface area contributed by atoms with E-state index in [-0.39, 0.29) is 6.61 Å². The highest BCUT2D eigenvalue weighted by molar-refractivity contribution is 9.11. The van der Waals surface area contributed by atoms with Gasteiger partial charge in [-0.3, -0.25) is 0 Å². The molecule has 0 spiro atoms. The van der Waals surface area contributed by atoms with E-state index < -0.39 is 0 Å². The summed E-state index contributed by atoms with van der Waals surface area (Å²) in [6.45, 7) is 1.30. The van der Waals surface area contributed by atoms with Crippen LogP contribution in [0.3, 0.4) is 0 Å². The predicted octanol–water partition coefficient (Wildman–Crippen LogP) is 3.24. The van der Waals surface area contributed by atoms with Crippen molar-refractivity contribution in [1.82, 2.24) is 15.0 Å². The van der Waals surface area contributed by atoms with E-state index in [0.717, 1.165) is 40.6 Å². The molecule has 2 aliphatic rings. The van der Waals surface area contributed by atoms with Crippen molar-refractivity contribution in [3.63, 3.8) is 0 Å². The summed E-state index contributed by atoms with van der Waals surface area (Å²) in [5, 5.41) is 9.97. The van der Waals surface area contributed by atoms with Crippen LogP contribution in [-0.4, -0.2) is 20.1 Å². The Morgan fingerprint density at radius 3 is 2.76 bits per heavy atom. The fourth-order valence-corrected chi connectivity index (χ4v) is 4.38. The molecule has 0 atom stereocenters. The van der Waals surface area contributed by atoms with Crippen LogP contribution >= 0.6 is 38.9 Å². The topological polar surface area (TPSA) is 62.1 Å². The van der Waals surface area contributed by atoms with E-state index in [0.29, 0.717) is 23.2 Å². The van der Waals surface area contributed by atoms with Crippen LogP contribution in [0.1, 0.15) is 40.7 Å². The minimum Gasteiger partial charge on any atom is -0.391 e. The lowest BCUT2D eigenvalue weighted by Crippen LogP contribution is -2.20. The lowest BCUT2D eigenvalue weighted by molar-refractivity contribution is 0.281. The lowest BCUT2D eigenvalue weighted by atomic mass is 10.2. The second-order valence-corrected chi connectivity index (χ2v) is 8.02. The number of nitrogens with zero attached hydrogens (tertiary/aromatic N) is 4. The van der Waals surface area contributed by atoms with Crippen molar-refractivity contribution in [2.75, 3.05) is 4.90 Å². The molecule has 0 aromatic carbocycles. The first-order valence-corrected chi connectivity index (χ1v) is 8.70. The Morgan fingerprint density at radius 1 is 1.29 bits per heavy atom. The van der Waals surface area contributed by atoms with Gasteiger partial charge in [-0.05, 0) is 28.8 Å². The molecule has 1 N–H and O–H groups in total. The normalized spacial score (nSPS) is 17.4. The first-order chi connectivity index (χ1) is 10.2. The van der Waals surface area contributed by atoms with E-state index in [1.54, 1.807) is 11.3 Å². The number of anilines is 1. The first kappa shape index (κ1) is 13.9. The quantitative estimate of drug-likeness (QED) is 0.819. The first-order valence-electron chi connectivity index (χ1n) is 6.72. The van der Waals surface area contributed by atoms with Gasteiger partial charge in [-0.25, -0.2) is 15.0 Å². The summed E-state index contributed by atoms with van der Waals surface area (Å²) < 4.78 is 0.911. The third-order valence-corrected chi connectivity index (χ3v) is 5.63. The second kappa shape index (κ2) is 5.15. The van der Waals surface area contributed by atoms with E-state index in [1.807, 2.05) is 0 Å². The SMILES string of the molecule is OCc1c(Cl)nc(C2CC2)nc1N1Cc2nc(Br)sc2C1. The number of fused-ring (bicyclic) bond motifs is 1. The smallest absolute Gasteiger partial charge is 0.159 e. The van der Waals surface area contributed by atoms with Gasteiger partial charge in [0.15, 0.2) is 3.92 Å². The van der Waals surface area contributed by atoms with Crippen LogP contribution in [0.4, 0.5) is 5.82 Å². The second-order valence-electron chi connectivity index (χ2n) is 5.30. The summed E-state index contributed by atoms with van der Waals surface area (Å²) in [4.78, 5) is 16.8. The Balaban J connectivity index is 1.72. The zero-order chi connectivity index (χ0) is 14.6. The van der Waals surface area contributed by atoms with Crippen LogP contribution in [0.25, 0.3) is 0 Å². The third-order valence-electron chi connectivity index (χ3n) is 3.78. The molecule has 21 heavy (non-hydrogen) atoms. The summed E-state index contributed by atoms with van der Waals surface area (Å²) in [5.41, 5.74) is 1.67. The van der Waals surface area contributed by atoms with Crippen LogP contribution in [0, 0.1) is 0 Å². The number of rotatable bonds is 3. The average Bonchev–Trinajstić information content (AvgIpc) is 3.13. The molecule has 4 rings (SSSR count). The van der Waals surface area contributed by atoms with Gasteiger partial charge in [-0.1, -0.05) is 11.6 Å². The molecule has 1 aliphatic heterocycles. The molecule has 1 aliphatic carbocycles. The Bertz CT molecular complexity index is 695. The van der Waals surface area contributed by atoms with Crippen LogP contribution in [0.15, 0.2) is 3.92 Å². The molecule has 1 fully saturated rings. The highest BCUT2D eigenvalue weighted by Gasteiger charge is 2.31. The van der Waals surface area contributed by atoms with Crippen LogP contribution in [0.2, 0.25) is 5.15 Å². The van der Waals surface area contributed by atoms with Gasteiger partial charge in [0.2, 0.25) is 0 Å². The fourth-order valence-electron chi connectivity index (χ4n) is 2.54. The molecule has 0 unspecified atom stereocenters. The number of hydrogen-bond acceptors (Lipinski definition) is 6. The molecule has 0 radical (unpaired) electrons. The minimum absolute atomic E-state index is 0.152. The van der Waals surface area contributed by atoms with Crippen molar-refractivity contribution in [3.05, 3.63) is 31.0 Å². The summed E-state index contributed by atoms with van der Waals surface area (Å²) in [7, 11) is 0. The highest BCUT2D eigenvalue weighted by Crippen LogP contribution is 2.41. The van der Waals surface area contributed by atoms with Gasteiger partial charge in [0, 0.05) is 5.92 Å². The fraction of sp³-hybridized carbons (Fsp3) is 0.462. The van der Waals surface area contributed by atoms with Crippen molar-refractivity contribution in [3.8, 4) is 0 Å².